The molecule has 0 radical (unpaired) electrons. The second-order valence-electron chi connectivity index (χ2n) is 12.0. The first-order valence-corrected chi connectivity index (χ1v) is 17.8. The van der Waals surface area contributed by atoms with Crippen LogP contribution in [0.5, 0.6) is 5.88 Å². The lowest BCUT2D eigenvalue weighted by atomic mass is 9.72. The number of carbonyl (C=O) groups is 2. The molecule has 3 aromatic rings. The van der Waals surface area contributed by atoms with Gasteiger partial charge in [-0.3, -0.25) is 14.5 Å². The van der Waals surface area contributed by atoms with Crippen LogP contribution in [-0.4, -0.2) is 98.4 Å². The standard InChI is InChI=1S/C34H40ClN5O5S/c1-3-37-19-21-38(22-20-37)26-14-17-39(18-15-26)31(41)24-34(28-11-8-16-36-32(28)45-4-2)29-23-25(35)12-13-30(29)40(33(34)42)46(43,44)27-9-6-5-7-10-27/h5-13,16,23,26H,3-4,14-15,17-22,24H2,1-2H3. The third kappa shape index (κ3) is 5.78. The number of hydrogen-bond acceptors (Lipinski definition) is 8. The molecule has 3 aliphatic heterocycles. The summed E-state index contributed by atoms with van der Waals surface area (Å²) in [6, 6.07) is 16.3. The zero-order valence-electron chi connectivity index (χ0n) is 26.3. The Bertz CT molecular complexity index is 1690. The van der Waals surface area contributed by atoms with Gasteiger partial charge in [-0.2, -0.15) is 0 Å². The Morgan fingerprint density at radius 3 is 2.35 bits per heavy atom. The van der Waals surface area contributed by atoms with Crippen molar-refractivity contribution in [3.8, 4) is 5.88 Å². The van der Waals surface area contributed by atoms with E-state index in [1.807, 2.05) is 4.90 Å². The highest BCUT2D eigenvalue weighted by atomic mass is 35.5. The van der Waals surface area contributed by atoms with Crippen molar-refractivity contribution in [2.75, 3.05) is 56.7 Å². The molecule has 3 aliphatic rings. The lowest BCUT2D eigenvalue weighted by molar-refractivity contribution is -0.136. The molecule has 6 rings (SSSR count). The Balaban J connectivity index is 1.38. The van der Waals surface area contributed by atoms with Gasteiger partial charge in [0.25, 0.3) is 15.9 Å². The second-order valence-corrected chi connectivity index (χ2v) is 14.2. The first-order valence-electron chi connectivity index (χ1n) is 16.0. The Morgan fingerprint density at radius 2 is 1.67 bits per heavy atom. The van der Waals surface area contributed by atoms with Crippen molar-refractivity contribution in [2.45, 2.75) is 49.5 Å². The molecular weight excluding hydrogens is 626 g/mol. The summed E-state index contributed by atoms with van der Waals surface area (Å²) in [7, 11) is -4.36. The minimum atomic E-state index is -4.36. The molecule has 0 N–H and O–H groups in total. The molecule has 10 nitrogen and oxygen atoms in total. The maximum absolute atomic E-state index is 14.9. The number of carbonyl (C=O) groups excluding carboxylic acids is 2. The number of sulfonamides is 1. The van der Waals surface area contributed by atoms with Gasteiger partial charge >= 0.3 is 0 Å². The molecule has 0 bridgehead atoms. The quantitative estimate of drug-likeness (QED) is 0.336. The maximum Gasteiger partial charge on any atom is 0.270 e. The van der Waals surface area contributed by atoms with E-state index in [4.69, 9.17) is 16.3 Å². The van der Waals surface area contributed by atoms with Gasteiger partial charge in [0.15, 0.2) is 0 Å². The lowest BCUT2D eigenvalue weighted by Gasteiger charge is -2.43. The summed E-state index contributed by atoms with van der Waals surface area (Å²) in [6.07, 6.45) is 2.93. The van der Waals surface area contributed by atoms with E-state index < -0.39 is 21.3 Å². The van der Waals surface area contributed by atoms with E-state index in [0.717, 1.165) is 49.9 Å². The number of likely N-dealkylation sites (tertiary alicyclic amines) is 1. The van der Waals surface area contributed by atoms with Crippen molar-refractivity contribution in [1.29, 1.82) is 0 Å². The molecule has 0 aliphatic carbocycles. The van der Waals surface area contributed by atoms with Crippen molar-refractivity contribution in [3.05, 3.63) is 83.0 Å². The van der Waals surface area contributed by atoms with Crippen molar-refractivity contribution < 1.29 is 22.7 Å². The number of benzene rings is 2. The Labute approximate surface area is 275 Å². The summed E-state index contributed by atoms with van der Waals surface area (Å²) < 4.78 is 35.0. The van der Waals surface area contributed by atoms with Gasteiger partial charge in [-0.25, -0.2) is 17.7 Å². The zero-order valence-corrected chi connectivity index (χ0v) is 27.8. The fourth-order valence-corrected chi connectivity index (χ4v) is 8.80. The van der Waals surface area contributed by atoms with E-state index in [9.17, 15) is 18.0 Å². The minimum Gasteiger partial charge on any atom is -0.478 e. The summed E-state index contributed by atoms with van der Waals surface area (Å²) in [4.78, 5) is 40.4. The Morgan fingerprint density at radius 1 is 0.957 bits per heavy atom. The van der Waals surface area contributed by atoms with Crippen LogP contribution in [0, 0.1) is 0 Å². The van der Waals surface area contributed by atoms with E-state index in [2.05, 4.69) is 21.7 Å². The van der Waals surface area contributed by atoms with Gasteiger partial charge in [-0.15, -0.1) is 0 Å². The zero-order chi connectivity index (χ0) is 32.5. The SMILES string of the molecule is CCOc1ncccc1C1(CC(=O)N2CCC(N3CCN(CC)CC3)CC2)C(=O)N(S(=O)(=O)c2ccccc2)c2ccc(Cl)cc21. The van der Waals surface area contributed by atoms with E-state index in [0.29, 0.717) is 35.3 Å². The van der Waals surface area contributed by atoms with Crippen LogP contribution in [-0.2, 0) is 25.0 Å². The molecule has 244 valence electrons. The van der Waals surface area contributed by atoms with Gasteiger partial charge in [-0.05, 0) is 68.3 Å². The van der Waals surface area contributed by atoms with E-state index >= 15 is 0 Å². The number of anilines is 1. The van der Waals surface area contributed by atoms with Gasteiger partial charge in [0.05, 0.1) is 17.2 Å². The average molecular weight is 666 g/mol. The molecule has 1 atom stereocenters. The molecule has 1 aromatic heterocycles. The molecule has 46 heavy (non-hydrogen) atoms. The predicted octanol–water partition coefficient (Wildman–Crippen LogP) is 4.17. The number of amides is 2. The summed E-state index contributed by atoms with van der Waals surface area (Å²) in [6.45, 7) is 10.6. The number of hydrogen-bond donors (Lipinski definition) is 0. The number of piperazine rings is 1. The number of nitrogens with zero attached hydrogens (tertiary/aromatic N) is 5. The van der Waals surface area contributed by atoms with Crippen molar-refractivity contribution >= 4 is 39.1 Å². The Hall–Kier alpha value is -3.51. The first-order chi connectivity index (χ1) is 22.2. The number of fused-ring (bicyclic) bond motifs is 1. The number of rotatable bonds is 9. The minimum absolute atomic E-state index is 0.0376. The fraction of sp³-hybridized carbons (Fsp3) is 0.441. The van der Waals surface area contributed by atoms with E-state index in [-0.39, 0.29) is 35.4 Å². The highest BCUT2D eigenvalue weighted by Crippen LogP contribution is 2.53. The van der Waals surface area contributed by atoms with Crippen LogP contribution in [0.15, 0.2) is 71.8 Å². The van der Waals surface area contributed by atoms with Crippen LogP contribution < -0.4 is 9.04 Å². The number of piperidine rings is 1. The fourth-order valence-electron chi connectivity index (χ4n) is 7.12. The predicted molar refractivity (Wildman–Crippen MR) is 177 cm³/mol. The second kappa shape index (κ2) is 13.3. The van der Waals surface area contributed by atoms with Crippen molar-refractivity contribution in [3.63, 3.8) is 0 Å². The topological polar surface area (TPSA) is 103 Å². The van der Waals surface area contributed by atoms with Gasteiger partial charge in [0, 0.05) is 68.5 Å². The van der Waals surface area contributed by atoms with Crippen LogP contribution in [0.3, 0.4) is 0 Å². The molecule has 2 fully saturated rings. The van der Waals surface area contributed by atoms with Gasteiger partial charge < -0.3 is 14.5 Å². The smallest absolute Gasteiger partial charge is 0.270 e. The van der Waals surface area contributed by atoms with E-state index in [1.165, 1.54) is 18.2 Å². The maximum atomic E-state index is 14.9. The highest BCUT2D eigenvalue weighted by molar-refractivity contribution is 7.93. The van der Waals surface area contributed by atoms with Gasteiger partial charge in [0.2, 0.25) is 11.8 Å². The number of ether oxygens (including phenoxy) is 1. The van der Waals surface area contributed by atoms with Crippen LogP contribution >= 0.6 is 11.6 Å². The largest absolute Gasteiger partial charge is 0.478 e. The summed E-state index contributed by atoms with van der Waals surface area (Å²) >= 11 is 6.53. The number of halogens is 1. The lowest BCUT2D eigenvalue weighted by Crippen LogP contribution is -2.54. The monoisotopic (exact) mass is 665 g/mol. The van der Waals surface area contributed by atoms with Crippen molar-refractivity contribution in [2.24, 2.45) is 0 Å². The molecule has 4 heterocycles. The summed E-state index contributed by atoms with van der Waals surface area (Å²) in [5, 5.41) is 0.313. The van der Waals surface area contributed by atoms with Gasteiger partial charge in [-0.1, -0.05) is 42.8 Å². The Kier molecular flexibility index (Phi) is 9.38. The highest BCUT2D eigenvalue weighted by Gasteiger charge is 2.58. The summed E-state index contributed by atoms with van der Waals surface area (Å²) in [5.41, 5.74) is -0.934. The van der Waals surface area contributed by atoms with Crippen molar-refractivity contribution in [1.82, 2.24) is 19.7 Å². The van der Waals surface area contributed by atoms with Crippen LogP contribution in [0.1, 0.15) is 44.2 Å². The van der Waals surface area contributed by atoms with Crippen LogP contribution in [0.25, 0.3) is 0 Å². The molecule has 2 saturated heterocycles. The molecular formula is C34H40ClN5O5S. The van der Waals surface area contributed by atoms with E-state index in [1.54, 1.807) is 55.6 Å². The summed E-state index contributed by atoms with van der Waals surface area (Å²) in [5.74, 6) is -0.834. The normalized spacial score (nSPS) is 21.4. The third-order valence-electron chi connectivity index (χ3n) is 9.58. The van der Waals surface area contributed by atoms with Crippen LogP contribution in [0.2, 0.25) is 5.02 Å². The molecule has 0 spiro atoms. The molecule has 1 unspecified atom stereocenters. The molecule has 2 aromatic carbocycles. The molecule has 2 amide bonds. The number of aromatic nitrogens is 1. The third-order valence-corrected chi connectivity index (χ3v) is 11.5. The average Bonchev–Trinajstić information content (AvgIpc) is 3.33. The molecule has 0 saturated carbocycles. The van der Waals surface area contributed by atoms with Crippen LogP contribution in [0.4, 0.5) is 5.69 Å². The first kappa shape index (κ1) is 32.4. The number of likely N-dealkylation sites (N-methyl/N-ethyl adjacent to an activating group) is 1. The number of pyridine rings is 1. The van der Waals surface area contributed by atoms with Gasteiger partial charge in [0.1, 0.15) is 5.41 Å². The molecule has 12 heteroatoms.